The number of benzene rings is 16. The zero-order valence-electron chi connectivity index (χ0n) is 48.2. The number of hydrogen-bond acceptors (Lipinski definition) is 2. The van der Waals surface area contributed by atoms with Crippen LogP contribution in [0.4, 0.5) is 0 Å². The monoisotopic (exact) mass is 1160 g/mol. The molecule has 0 fully saturated rings. The maximum atomic E-state index is 15.3. The Labute approximate surface area is 513 Å². The van der Waals surface area contributed by atoms with Gasteiger partial charge in [0.25, 0.3) is 0 Å². The molecule has 416 valence electrons. The summed E-state index contributed by atoms with van der Waals surface area (Å²) in [6.45, 7) is 0. The summed E-state index contributed by atoms with van der Waals surface area (Å²) >= 11 is 0. The highest BCUT2D eigenvalue weighted by atomic mass is 31.2. The van der Waals surface area contributed by atoms with Crippen LogP contribution in [0.15, 0.2) is 352 Å². The molecule has 0 saturated carbocycles. The molecule has 0 heterocycles. The molecule has 4 heteroatoms. The van der Waals surface area contributed by atoms with Crippen molar-refractivity contribution in [3.8, 4) is 44.5 Å². The van der Waals surface area contributed by atoms with Crippen LogP contribution in [0.2, 0.25) is 0 Å². The Kier molecular flexibility index (Phi) is 14.2. The zero-order valence-corrected chi connectivity index (χ0v) is 50.0. The lowest BCUT2D eigenvalue weighted by Gasteiger charge is -2.22. The van der Waals surface area contributed by atoms with Crippen LogP contribution in [-0.4, -0.2) is 0 Å². The second-order valence-corrected chi connectivity index (χ2v) is 28.0. The molecule has 2 nitrogen and oxygen atoms in total. The van der Waals surface area contributed by atoms with Gasteiger partial charge in [-0.15, -0.1) is 0 Å². The molecule has 0 bridgehead atoms. The van der Waals surface area contributed by atoms with Crippen molar-refractivity contribution < 1.29 is 9.13 Å². The Morgan fingerprint density at radius 3 is 0.830 bits per heavy atom. The van der Waals surface area contributed by atoms with E-state index in [2.05, 4.69) is 218 Å². The molecule has 0 N–H and O–H groups in total. The quantitative estimate of drug-likeness (QED) is 0.101. The third-order valence-electron chi connectivity index (χ3n) is 17.4. The molecule has 0 saturated heterocycles. The van der Waals surface area contributed by atoms with Crippen molar-refractivity contribution in [2.24, 2.45) is 0 Å². The predicted molar refractivity (Wildman–Crippen MR) is 378 cm³/mol. The molecule has 16 aromatic rings. The van der Waals surface area contributed by atoms with Gasteiger partial charge in [-0.1, -0.05) is 334 Å². The topological polar surface area (TPSA) is 34.1 Å². The summed E-state index contributed by atoms with van der Waals surface area (Å²) in [5.74, 6) is 0. The Morgan fingerprint density at radius 1 is 0.170 bits per heavy atom. The SMILES string of the molecule is O=P(c1ccccc1)(c1ccccc1)c1cccc(-c2c3ccccc3c(-c3ccc4ccccc4c3)c3ccccc23)c1.O=P(c1ccccc1)(c1ccccc1)c1cccc(-c2c3ccccc3c(-c3cccc4ccccc34)c3ccccc23)c1. The lowest BCUT2D eigenvalue weighted by atomic mass is 9.85. The van der Waals surface area contributed by atoms with E-state index in [1.807, 2.05) is 133 Å². The Hall–Kier alpha value is -10.5. The van der Waals surface area contributed by atoms with E-state index < -0.39 is 14.3 Å². The first-order chi connectivity index (χ1) is 43.4. The first-order valence-electron chi connectivity index (χ1n) is 29.9. The van der Waals surface area contributed by atoms with Crippen molar-refractivity contribution in [3.63, 3.8) is 0 Å². The Morgan fingerprint density at radius 2 is 0.443 bits per heavy atom. The minimum Gasteiger partial charge on any atom is -0.309 e. The molecule has 16 aromatic carbocycles. The van der Waals surface area contributed by atoms with Gasteiger partial charge < -0.3 is 9.13 Å². The molecule has 88 heavy (non-hydrogen) atoms. The summed E-state index contributed by atoms with van der Waals surface area (Å²) in [6, 6.07) is 122. The maximum Gasteiger partial charge on any atom is 0.171 e. The van der Waals surface area contributed by atoms with Crippen LogP contribution in [0.25, 0.3) is 109 Å². The molecular weight excluding hydrogens is 1100 g/mol. The van der Waals surface area contributed by atoms with Gasteiger partial charge in [-0.3, -0.25) is 0 Å². The highest BCUT2D eigenvalue weighted by Gasteiger charge is 2.32. The van der Waals surface area contributed by atoms with Crippen LogP contribution in [0.5, 0.6) is 0 Å². The Balaban J connectivity index is 0.000000148. The van der Waals surface area contributed by atoms with E-state index in [4.69, 9.17) is 0 Å². The van der Waals surface area contributed by atoms with E-state index in [1.165, 1.54) is 86.9 Å². The first-order valence-corrected chi connectivity index (χ1v) is 33.4. The zero-order chi connectivity index (χ0) is 59.0. The third kappa shape index (κ3) is 9.47. The van der Waals surface area contributed by atoms with Gasteiger partial charge in [0.15, 0.2) is 14.3 Å². The summed E-state index contributed by atoms with van der Waals surface area (Å²) in [7, 11) is -6.25. The van der Waals surface area contributed by atoms with E-state index in [9.17, 15) is 0 Å². The minimum atomic E-state index is -3.13. The fraction of sp³-hybridized carbons (Fsp3) is 0. The molecule has 0 aliphatic heterocycles. The number of rotatable bonds is 10. The molecule has 0 unspecified atom stereocenters. The van der Waals surface area contributed by atoms with Gasteiger partial charge in [0.1, 0.15) is 0 Å². The van der Waals surface area contributed by atoms with Crippen molar-refractivity contribution in [2.45, 2.75) is 0 Å². The van der Waals surface area contributed by atoms with E-state index in [1.54, 1.807) is 0 Å². The average molecular weight is 1160 g/mol. The molecule has 16 rings (SSSR count). The van der Waals surface area contributed by atoms with Crippen molar-refractivity contribution in [2.75, 3.05) is 0 Å². The summed E-state index contributed by atoms with van der Waals surface area (Å²) < 4.78 is 30.6. The minimum absolute atomic E-state index is 0.832. The van der Waals surface area contributed by atoms with Crippen LogP contribution in [0.1, 0.15) is 0 Å². The van der Waals surface area contributed by atoms with E-state index in [0.717, 1.165) is 54.1 Å². The Bertz CT molecular complexity index is 5180. The van der Waals surface area contributed by atoms with Crippen LogP contribution >= 0.6 is 14.3 Å². The van der Waals surface area contributed by atoms with Gasteiger partial charge in [-0.05, 0) is 127 Å². The smallest absolute Gasteiger partial charge is 0.171 e. The highest BCUT2D eigenvalue weighted by Crippen LogP contribution is 2.50. The van der Waals surface area contributed by atoms with Crippen molar-refractivity contribution >= 4 is 111 Å². The van der Waals surface area contributed by atoms with Gasteiger partial charge in [0, 0.05) is 31.8 Å². The van der Waals surface area contributed by atoms with Crippen molar-refractivity contribution in [1.29, 1.82) is 0 Å². The predicted octanol–water partition coefficient (Wildman–Crippen LogP) is 20.2. The molecule has 0 aliphatic carbocycles. The standard InChI is InChI=1S/2C42H29OP/c43-44(32-18-3-1-4-19-32,33-20-5-2-6-21-33)34-22-13-17-31(29-34)41-37-24-9-11-26-39(37)42(40-27-12-10-25-38(40)41)36-28-14-16-30-15-7-8-23-35(30)36;43-44(34-17-3-1-4-18-34,35-19-5-2-6-20-35)36-21-13-16-32(29-36)41-37-22-9-11-24-39(37)42(40-25-12-10-23-38(40)41)33-27-26-30-14-7-8-15-31(30)28-33/h2*1-29H. The van der Waals surface area contributed by atoms with Gasteiger partial charge in [-0.2, -0.15) is 0 Å². The lowest BCUT2D eigenvalue weighted by Crippen LogP contribution is -2.25. The fourth-order valence-corrected chi connectivity index (χ4v) is 18.8. The van der Waals surface area contributed by atoms with E-state index in [-0.39, 0.29) is 0 Å². The van der Waals surface area contributed by atoms with Crippen molar-refractivity contribution in [3.05, 3.63) is 352 Å². The van der Waals surface area contributed by atoms with E-state index >= 15 is 9.13 Å². The van der Waals surface area contributed by atoms with Gasteiger partial charge in [0.05, 0.1) is 0 Å². The van der Waals surface area contributed by atoms with Gasteiger partial charge in [-0.25, -0.2) is 0 Å². The summed E-state index contributed by atoms with van der Waals surface area (Å²) in [5, 5.41) is 19.5. The van der Waals surface area contributed by atoms with E-state index in [0.29, 0.717) is 0 Å². The van der Waals surface area contributed by atoms with Crippen LogP contribution in [0.3, 0.4) is 0 Å². The molecule has 0 aromatic heterocycles. The third-order valence-corrected chi connectivity index (χ3v) is 23.5. The number of hydrogen-bond donors (Lipinski definition) is 0. The number of fused-ring (bicyclic) bond motifs is 6. The van der Waals surface area contributed by atoms with Gasteiger partial charge in [0.2, 0.25) is 0 Å². The molecule has 0 aliphatic rings. The maximum absolute atomic E-state index is 15.3. The lowest BCUT2D eigenvalue weighted by molar-refractivity contribution is 0.591. The van der Waals surface area contributed by atoms with Gasteiger partial charge >= 0.3 is 0 Å². The summed E-state index contributed by atoms with van der Waals surface area (Å²) in [6.07, 6.45) is 0. The normalized spacial score (nSPS) is 11.7. The summed E-state index contributed by atoms with van der Waals surface area (Å²) in [5.41, 5.74) is 9.36. The second-order valence-electron chi connectivity index (χ2n) is 22.4. The van der Waals surface area contributed by atoms with Crippen LogP contribution < -0.4 is 31.8 Å². The second kappa shape index (κ2) is 23.1. The van der Waals surface area contributed by atoms with Crippen LogP contribution in [0, 0.1) is 0 Å². The van der Waals surface area contributed by atoms with Crippen LogP contribution in [-0.2, 0) is 9.13 Å². The first kappa shape index (κ1) is 54.2. The fourth-order valence-electron chi connectivity index (χ4n) is 13.4. The molecular formula is C84H58O2P2. The molecule has 0 atom stereocenters. The highest BCUT2D eigenvalue weighted by molar-refractivity contribution is 7.85. The average Bonchev–Trinajstić information content (AvgIpc) is 0.830. The molecule has 0 spiro atoms. The largest absolute Gasteiger partial charge is 0.309 e. The molecule has 0 amide bonds. The van der Waals surface area contributed by atoms with Crippen molar-refractivity contribution in [1.82, 2.24) is 0 Å². The summed E-state index contributed by atoms with van der Waals surface area (Å²) in [4.78, 5) is 0. The molecule has 0 radical (unpaired) electrons.